The first-order chi connectivity index (χ1) is 53.2. The molecule has 14 rings (SSSR count). The zero-order valence-electron chi connectivity index (χ0n) is 59.1. The van der Waals surface area contributed by atoms with Gasteiger partial charge in [-0.05, 0) is 60.1 Å². The number of aromatic nitrogens is 2. The topological polar surface area (TPSA) is 293 Å². The van der Waals surface area contributed by atoms with Crippen molar-refractivity contribution >= 4 is 45.4 Å². The third-order valence-corrected chi connectivity index (χ3v) is 22.5. The molecule has 8 aromatic rings. The lowest BCUT2D eigenvalue weighted by Crippen LogP contribution is -2.51. The van der Waals surface area contributed by atoms with Gasteiger partial charge in [-0.25, -0.2) is 31.5 Å². The molecule has 6 aliphatic rings. The van der Waals surface area contributed by atoms with Gasteiger partial charge in [0.25, 0.3) is 23.6 Å². The highest BCUT2D eigenvalue weighted by Gasteiger charge is 2.51. The summed E-state index contributed by atoms with van der Waals surface area (Å²) in [5.74, 6) is -9.18. The van der Waals surface area contributed by atoms with E-state index in [0.717, 1.165) is 62.3 Å². The van der Waals surface area contributed by atoms with Crippen LogP contribution in [0, 0.1) is 23.3 Å². The van der Waals surface area contributed by atoms with Crippen molar-refractivity contribution in [3.05, 3.63) is 270 Å². The summed E-state index contributed by atoms with van der Waals surface area (Å²) in [6, 6.07) is 39.6. The van der Waals surface area contributed by atoms with Crippen LogP contribution in [-0.2, 0) is 98.4 Å². The Morgan fingerprint density at radius 3 is 1.16 bits per heavy atom. The number of phosphoric acid groups is 2. The van der Waals surface area contributed by atoms with Crippen LogP contribution in [0.4, 0.5) is 22.4 Å². The zero-order chi connectivity index (χ0) is 76.6. The van der Waals surface area contributed by atoms with E-state index in [1.54, 1.807) is 131 Å². The normalized spacial score (nSPS) is 18.5. The third-order valence-electron chi connectivity index (χ3n) is 19.8. The van der Waals surface area contributed by atoms with Crippen LogP contribution in [0.2, 0.25) is 0 Å². The minimum Gasteiger partial charge on any atom is -0.448 e. The van der Waals surface area contributed by atoms with Crippen LogP contribution in [0.15, 0.2) is 180 Å². The van der Waals surface area contributed by atoms with E-state index in [4.69, 9.17) is 46.1 Å². The molecule has 4 saturated heterocycles. The second-order valence-electron chi connectivity index (χ2n) is 26.9. The number of amides is 4. The number of hydrogen-bond acceptors (Lipinski definition) is 21. The monoisotopic (exact) mass is 1550 g/mol. The number of nitrogens with zero attached hydrogens (tertiary/aromatic N) is 6. The summed E-state index contributed by atoms with van der Waals surface area (Å²) in [5.41, 5.74) is -2.70. The number of hydrogen-bond donors (Lipinski definition) is 2. The summed E-state index contributed by atoms with van der Waals surface area (Å²) in [6.45, 7) is -2.25. The van der Waals surface area contributed by atoms with Crippen molar-refractivity contribution in [2.24, 2.45) is 0 Å². The Bertz CT molecular complexity index is 4560. The second-order valence-corrected chi connectivity index (χ2v) is 30.3. The molecule has 27 nitrogen and oxygen atoms in total. The molecule has 4 amide bonds. The fraction of sp³-hybridized carbons (Fsp3) is 0.338. The Kier molecular flexibility index (Phi) is 23.7. The summed E-state index contributed by atoms with van der Waals surface area (Å²) >= 11 is 0. The van der Waals surface area contributed by atoms with Crippen molar-refractivity contribution in [3.63, 3.8) is 0 Å². The molecule has 0 radical (unpaired) electrons. The Morgan fingerprint density at radius 2 is 0.818 bits per heavy atom. The fourth-order valence-electron chi connectivity index (χ4n) is 14.3. The molecule has 8 heterocycles. The third kappa shape index (κ3) is 17.7. The van der Waals surface area contributed by atoms with E-state index in [2.05, 4.69) is 20.4 Å². The molecule has 2 N–H and O–H groups in total. The van der Waals surface area contributed by atoms with E-state index in [1.165, 1.54) is 9.13 Å². The minimum absolute atomic E-state index is 0.0276. The number of pyridine rings is 2. The Morgan fingerprint density at radius 1 is 0.464 bits per heavy atom. The highest BCUT2D eigenvalue weighted by Crippen LogP contribution is 2.53. The highest BCUT2D eigenvalue weighted by molar-refractivity contribution is 7.48. The van der Waals surface area contributed by atoms with Gasteiger partial charge in [0.05, 0.1) is 52.7 Å². The average Bonchev–Trinajstić information content (AvgIpc) is 1.49. The van der Waals surface area contributed by atoms with E-state index in [9.17, 15) is 27.5 Å². The van der Waals surface area contributed by atoms with Gasteiger partial charge in [-0.1, -0.05) is 133 Å². The van der Waals surface area contributed by atoms with Gasteiger partial charge >= 0.3 is 21.8 Å². The lowest BCUT2D eigenvalue weighted by molar-refractivity contribution is -0.118. The van der Waals surface area contributed by atoms with Crippen molar-refractivity contribution < 1.29 is 96.8 Å². The SMILES string of the molecule is O=C(OC(CCOP(=O)(OCc1ccccc1)OCc1ccccc1)Oc1c2n(cc(C(=O)NCc3ccc(F)cc3F)c1=O)C[C@@H]1N(C[C@H]3CCCN31)C2=O)OC(CCOP(=O)(OCc1ccccc1)OCc1ccccc1)Oc1c2n(cc(C(=O)NCc3ccc(F)cc3F)c1=O)C[C@@H]1N(C[C@H]3CCCN31)C2=O. The molecule has 6 aliphatic heterocycles. The summed E-state index contributed by atoms with van der Waals surface area (Å²) in [6.07, 6.45) is -3.44. The quantitative estimate of drug-likeness (QED) is 0.0171. The van der Waals surface area contributed by atoms with E-state index in [0.29, 0.717) is 47.5 Å². The number of ether oxygens (including phenoxy) is 4. The molecule has 33 heteroatoms. The van der Waals surface area contributed by atoms with Crippen molar-refractivity contribution in [1.82, 2.24) is 39.4 Å². The van der Waals surface area contributed by atoms with Gasteiger partial charge in [0, 0.05) is 99.8 Å². The first-order valence-electron chi connectivity index (χ1n) is 35.8. The van der Waals surface area contributed by atoms with Crippen LogP contribution >= 0.6 is 15.6 Å². The second kappa shape index (κ2) is 34.0. The van der Waals surface area contributed by atoms with Crippen LogP contribution < -0.4 is 31.0 Å². The van der Waals surface area contributed by atoms with Crippen LogP contribution in [0.1, 0.15) is 114 Å². The summed E-state index contributed by atoms with van der Waals surface area (Å²) in [7, 11) is -9.41. The maximum Gasteiger partial charge on any atom is 0.514 e. The van der Waals surface area contributed by atoms with Gasteiger partial charge in [-0.3, -0.25) is 65.7 Å². The molecule has 576 valence electrons. The average molecular weight is 1560 g/mol. The van der Waals surface area contributed by atoms with Gasteiger partial charge in [0.2, 0.25) is 34.9 Å². The van der Waals surface area contributed by atoms with E-state index in [-0.39, 0.29) is 75.8 Å². The predicted octanol–water partition coefficient (Wildman–Crippen LogP) is 11.1. The van der Waals surface area contributed by atoms with Crippen molar-refractivity contribution in [1.29, 1.82) is 0 Å². The number of phosphoric ester groups is 2. The Hall–Kier alpha value is -10.2. The van der Waals surface area contributed by atoms with Crippen LogP contribution in [0.25, 0.3) is 0 Å². The molecule has 0 saturated carbocycles. The predicted molar refractivity (Wildman–Crippen MR) is 383 cm³/mol. The van der Waals surface area contributed by atoms with Crippen LogP contribution in [-0.4, -0.2) is 135 Å². The number of rotatable bonds is 32. The smallest absolute Gasteiger partial charge is 0.448 e. The minimum atomic E-state index is -4.71. The summed E-state index contributed by atoms with van der Waals surface area (Å²) < 4.78 is 151. The standard InChI is InChI=1S/C77H76F4N8O19P2/c78-55-27-25-53(61(80)35-55)37-82-73(92)59-41-84-43-63-86-31-13-23-57(86)39-88(63)75(94)67(84)71(69(59)90)105-65(29-33-99-109(97,101-45-49-15-5-1-6-16-49)102-46-50-17-7-2-8-18-50)107-77(96)108-66(30-34-100-110(98,103-47-51-19-9-3-10-20-51)104-48-52-21-11-4-12-22-52)106-72-68-76(95)89-40-58-24-14-32-87(58)64(89)44-85(68)42-60(70(72)91)74(93)83-38-54-26-28-56(79)36-62(54)81/h1-12,15-22,25-28,35-36,41-42,57-58,63-66H,13-14,23-24,29-34,37-40,43-48H2,(H,82,92)(H,83,93)/t57-,58-,63+,64+,65?,66?/m1/s1. The molecule has 2 aromatic heterocycles. The number of nitrogens with one attached hydrogen (secondary N) is 2. The van der Waals surface area contributed by atoms with E-state index in [1.807, 2.05) is 0 Å². The lowest BCUT2D eigenvalue weighted by atomic mass is 10.1. The molecule has 2 unspecified atom stereocenters. The molecule has 4 fully saturated rings. The van der Waals surface area contributed by atoms with Crippen LogP contribution in [0.3, 0.4) is 0 Å². The highest BCUT2D eigenvalue weighted by atomic mass is 31.2. The van der Waals surface area contributed by atoms with Crippen molar-refractivity contribution in [2.45, 2.75) is 128 Å². The van der Waals surface area contributed by atoms with E-state index < -0.39 is 178 Å². The number of fused-ring (bicyclic) bond motifs is 8. The molecule has 6 atom stereocenters. The molecule has 0 spiro atoms. The summed E-state index contributed by atoms with van der Waals surface area (Å²) in [4.78, 5) is 112. The lowest BCUT2D eigenvalue weighted by Gasteiger charge is -2.36. The Labute approximate surface area is 627 Å². The largest absolute Gasteiger partial charge is 0.514 e. The zero-order valence-corrected chi connectivity index (χ0v) is 60.9. The molecular weight excluding hydrogens is 1480 g/mol. The first-order valence-corrected chi connectivity index (χ1v) is 38.7. The van der Waals surface area contributed by atoms with Gasteiger partial charge < -0.3 is 48.5 Å². The van der Waals surface area contributed by atoms with Gasteiger partial charge in [-0.15, -0.1) is 0 Å². The molecule has 110 heavy (non-hydrogen) atoms. The fourth-order valence-corrected chi connectivity index (χ4v) is 16.6. The van der Waals surface area contributed by atoms with Crippen LogP contribution in [0.5, 0.6) is 11.5 Å². The molecule has 6 aromatic carbocycles. The maximum atomic E-state index is 15.3. The van der Waals surface area contributed by atoms with Crippen molar-refractivity contribution in [3.8, 4) is 11.5 Å². The van der Waals surface area contributed by atoms with Gasteiger partial charge in [0.15, 0.2) is 11.4 Å². The van der Waals surface area contributed by atoms with Gasteiger partial charge in [-0.2, -0.15) is 0 Å². The number of carbonyl (C=O) groups excluding carboxylic acids is 5. The van der Waals surface area contributed by atoms with Crippen molar-refractivity contribution in [2.75, 3.05) is 39.4 Å². The number of halogens is 4. The number of carbonyl (C=O) groups is 5. The maximum absolute atomic E-state index is 15.3. The molecule has 0 bridgehead atoms. The molecule has 0 aliphatic carbocycles. The van der Waals surface area contributed by atoms with E-state index >= 15 is 32.8 Å². The summed E-state index contributed by atoms with van der Waals surface area (Å²) in [5, 5.41) is 4.97. The number of benzene rings is 6. The Balaban J connectivity index is 0.830. The van der Waals surface area contributed by atoms with Gasteiger partial charge in [0.1, 0.15) is 46.7 Å². The first kappa shape index (κ1) is 76.6. The molecular formula is C77H76F4N8O19P2.